The first-order valence-corrected chi connectivity index (χ1v) is 33.3. The highest BCUT2D eigenvalue weighted by molar-refractivity contribution is 7.99. The first kappa shape index (κ1) is 63.7. The topological polar surface area (TPSA) is 387 Å². The Hall–Kier alpha value is -6.83. The highest BCUT2D eigenvalue weighted by atomic mass is 35.5. The van der Waals surface area contributed by atoms with Gasteiger partial charge in [0.05, 0.1) is 73.9 Å². The number of benzene rings is 5. The summed E-state index contributed by atoms with van der Waals surface area (Å²) in [7, 11) is -17.4. The molecule has 0 aliphatic rings. The number of hydrogen-bond donors (Lipinski definition) is 5. The van der Waals surface area contributed by atoms with Crippen LogP contribution in [0.4, 0.5) is 45.5 Å². The molecule has 438 valence electrons. The van der Waals surface area contributed by atoms with Crippen LogP contribution < -0.4 is 4.74 Å². The number of fused-ring (bicyclic) bond motifs is 3. The van der Waals surface area contributed by atoms with E-state index in [0.29, 0.717) is 59.9 Å². The second kappa shape index (κ2) is 26.8. The molecule has 2 aromatic heterocycles. The van der Waals surface area contributed by atoms with Gasteiger partial charge in [0.25, 0.3) is 40.5 Å². The van der Waals surface area contributed by atoms with Gasteiger partial charge in [-0.2, -0.15) is 59.4 Å². The van der Waals surface area contributed by atoms with Gasteiger partial charge in [-0.1, -0.05) is 11.6 Å². The maximum atomic E-state index is 12.1. The minimum absolute atomic E-state index is 0.0214. The molecule has 7 aromatic rings. The number of azo groups is 4. The molecule has 0 amide bonds. The number of ether oxygens (including phenoxy) is 1. The van der Waals surface area contributed by atoms with Gasteiger partial charge in [0.2, 0.25) is 5.88 Å². The highest BCUT2D eigenvalue weighted by Gasteiger charge is 2.25. The fourth-order valence-electron chi connectivity index (χ4n) is 7.98. The molecule has 0 saturated heterocycles. The Kier molecular flexibility index (Phi) is 20.6. The average molecular weight is 1270 g/mol. The molecule has 25 nitrogen and oxygen atoms in total. The van der Waals surface area contributed by atoms with Gasteiger partial charge in [0.1, 0.15) is 23.1 Å². The summed E-state index contributed by atoms with van der Waals surface area (Å²) >= 11 is 8.51. The molecule has 0 bridgehead atoms. The molecule has 0 unspecified atom stereocenters. The summed E-state index contributed by atoms with van der Waals surface area (Å²) in [5.41, 5.74) is 4.51. The van der Waals surface area contributed by atoms with E-state index in [2.05, 4.69) is 52.0 Å². The second-order valence-electron chi connectivity index (χ2n) is 18.5. The highest BCUT2D eigenvalue weighted by Crippen LogP contribution is 2.44. The Morgan fingerprint density at radius 3 is 1.59 bits per heavy atom. The van der Waals surface area contributed by atoms with Gasteiger partial charge in [-0.25, -0.2) is 4.98 Å². The normalized spacial score (nSPS) is 12.8. The first-order chi connectivity index (χ1) is 39.0. The van der Waals surface area contributed by atoms with Crippen molar-refractivity contribution in [2.75, 3.05) is 35.4 Å². The summed E-state index contributed by atoms with van der Waals surface area (Å²) in [4.78, 5) is 5.10. The molecule has 83 heavy (non-hydrogen) atoms. The number of hydrogen-bond acceptors (Lipinski definition) is 22. The summed E-state index contributed by atoms with van der Waals surface area (Å²) in [6, 6.07) is 21.1. The molecule has 0 spiro atoms. The van der Waals surface area contributed by atoms with Crippen LogP contribution in [0.1, 0.15) is 59.1 Å². The van der Waals surface area contributed by atoms with Crippen LogP contribution in [0.3, 0.4) is 0 Å². The van der Waals surface area contributed by atoms with E-state index < -0.39 is 68.5 Å². The van der Waals surface area contributed by atoms with Gasteiger partial charge in [0.15, 0.2) is 11.3 Å². The van der Waals surface area contributed by atoms with Crippen molar-refractivity contribution in [3.05, 3.63) is 111 Å². The third-order valence-corrected chi connectivity index (χ3v) is 18.1. The van der Waals surface area contributed by atoms with Crippen molar-refractivity contribution >= 4 is 138 Å². The van der Waals surface area contributed by atoms with E-state index in [9.17, 15) is 62.3 Å². The van der Waals surface area contributed by atoms with Crippen LogP contribution in [0.15, 0.2) is 128 Å². The van der Waals surface area contributed by atoms with Crippen molar-refractivity contribution in [2.24, 2.45) is 40.9 Å². The molecule has 0 radical (unpaired) electrons. The molecule has 0 atom stereocenters. The number of rotatable bonds is 25. The van der Waals surface area contributed by atoms with Crippen molar-refractivity contribution in [3.63, 3.8) is 0 Å². The van der Waals surface area contributed by atoms with E-state index in [4.69, 9.17) is 16.3 Å². The lowest BCUT2D eigenvalue weighted by Crippen LogP contribution is -2.06. The van der Waals surface area contributed by atoms with E-state index in [0.717, 1.165) is 6.07 Å². The third-order valence-electron chi connectivity index (χ3n) is 12.2. The fraction of sp³-hybridized carbons (Fsp3) is 0.294. The number of aromatic hydroxyl groups is 1. The van der Waals surface area contributed by atoms with Crippen molar-refractivity contribution in [1.82, 2.24) is 9.38 Å². The van der Waals surface area contributed by atoms with Crippen LogP contribution in [-0.4, -0.2) is 102 Å². The molecular formula is C51H52ClN11O14S6. The summed E-state index contributed by atoms with van der Waals surface area (Å²) in [5.74, 6) is -1.45. The summed E-state index contributed by atoms with van der Waals surface area (Å²) in [6.07, 6.45) is 0.380. The minimum Gasteiger partial charge on any atom is -0.493 e. The smallest absolute Gasteiger partial charge is 0.294 e. The molecule has 0 fully saturated rings. The maximum absolute atomic E-state index is 12.1. The molecule has 5 N–H and O–H groups in total. The van der Waals surface area contributed by atoms with Gasteiger partial charge < -0.3 is 9.84 Å². The maximum Gasteiger partial charge on any atom is 0.294 e. The Bertz CT molecular complexity index is 4310. The number of halogens is 1. The summed E-state index contributed by atoms with van der Waals surface area (Å²) in [5, 5.41) is 58.4. The zero-order chi connectivity index (χ0) is 60.6. The van der Waals surface area contributed by atoms with Gasteiger partial charge >= 0.3 is 0 Å². The Balaban J connectivity index is 1.26. The van der Waals surface area contributed by atoms with E-state index in [1.54, 1.807) is 75.4 Å². The number of unbranched alkanes of at least 4 members (excludes halogenated alkanes) is 1. The Labute approximate surface area is 491 Å². The average Bonchev–Trinajstić information content (AvgIpc) is 2.36. The number of imidazole rings is 1. The van der Waals surface area contributed by atoms with Gasteiger partial charge in [-0.3, -0.25) is 22.6 Å². The number of nitrogens with zero attached hydrogens (tertiary/aromatic N) is 11. The SMILES string of the molecule is Cc1cc(N=Nc2cc(SCCCS(=O)(=O)O)c(N=Nc3cc(OCCCCS(=O)(=O)O)c(N=Nc4c(C)c(C#N)c5nc6c(C)c(S(=O)(=O)O)ccc6n5c4O)cc3C)cc2C)c(SCCCS(=O)(=O)O)cc1N=Nc1ccc(Cl)cc1. The van der Waals surface area contributed by atoms with Gasteiger partial charge in [0, 0.05) is 26.4 Å². The van der Waals surface area contributed by atoms with Crippen molar-refractivity contribution in [1.29, 1.82) is 5.26 Å². The lowest BCUT2D eigenvalue weighted by atomic mass is 10.1. The molecular weight excluding hydrogens is 1220 g/mol. The lowest BCUT2D eigenvalue weighted by Gasteiger charge is -2.12. The summed E-state index contributed by atoms with van der Waals surface area (Å²) in [6.45, 7) is 8.07. The molecule has 2 heterocycles. The molecule has 32 heteroatoms. The molecule has 0 saturated carbocycles. The van der Waals surface area contributed by atoms with E-state index >= 15 is 0 Å². The van der Waals surface area contributed by atoms with Crippen LogP contribution in [0, 0.1) is 45.9 Å². The monoisotopic (exact) mass is 1270 g/mol. The minimum atomic E-state index is -4.66. The largest absolute Gasteiger partial charge is 0.493 e. The number of pyridine rings is 1. The van der Waals surface area contributed by atoms with E-state index in [1.165, 1.54) is 53.9 Å². The van der Waals surface area contributed by atoms with E-state index in [-0.39, 0.29) is 100.0 Å². The van der Waals surface area contributed by atoms with Gasteiger partial charge in [-0.15, -0.1) is 44.0 Å². The fourth-order valence-corrected chi connectivity index (χ4v) is 12.7. The number of thioether (sulfide) groups is 2. The molecule has 0 aliphatic carbocycles. The lowest BCUT2D eigenvalue weighted by molar-refractivity contribution is 0.310. The van der Waals surface area contributed by atoms with E-state index in [1.807, 2.05) is 0 Å². The standard InChI is InChI=1S/C51H52ClN11O14S6/c1-29-22-40(59-62-49-32(4)36(28-53)50-54-48-33(5)47(83(74,75)76)15-14-43(48)63(50)51(49)64)44(77-16-6-7-19-80(65,66)67)25-37(29)57-60-41-24-31(3)39(27-46(41)79-18-9-21-82(71,72)73)58-61-42-23-30(2)38(56-55-35-12-10-34(52)11-13-35)26-45(42)78-17-8-20-81(68,69)70/h10-15,22-27,64H,6-9,16-21H2,1-5H3,(H,65,66,67)(H,68,69,70)(H,71,72,73)(H,74,75,76). The first-order valence-electron chi connectivity index (χ1n) is 24.7. The number of nitriles is 1. The van der Waals surface area contributed by atoms with Crippen LogP contribution in [0.2, 0.25) is 5.02 Å². The van der Waals surface area contributed by atoms with Gasteiger partial charge in [-0.05, 0) is 161 Å². The third kappa shape index (κ3) is 17.2. The summed E-state index contributed by atoms with van der Waals surface area (Å²) < 4.78 is 139. The number of aryl methyl sites for hydroxylation is 4. The number of aromatic nitrogens is 2. The Morgan fingerprint density at radius 1 is 0.590 bits per heavy atom. The molecule has 7 rings (SSSR count). The van der Waals surface area contributed by atoms with Crippen LogP contribution >= 0.6 is 35.1 Å². The second-order valence-corrected chi connectivity index (χ2v) is 27.3. The van der Waals surface area contributed by atoms with Crippen molar-refractivity contribution in [3.8, 4) is 17.7 Å². The quantitative estimate of drug-likeness (QED) is 0.0154. The molecule has 5 aromatic carbocycles. The van der Waals surface area contributed by atoms with Crippen molar-refractivity contribution in [2.45, 2.75) is 75.0 Å². The zero-order valence-electron chi connectivity index (χ0n) is 44.7. The molecule has 0 aliphatic heterocycles. The van der Waals surface area contributed by atoms with Crippen LogP contribution in [0.5, 0.6) is 11.6 Å². The Morgan fingerprint density at radius 2 is 1.07 bits per heavy atom. The van der Waals surface area contributed by atoms with Crippen LogP contribution in [0.25, 0.3) is 16.7 Å². The van der Waals surface area contributed by atoms with Crippen LogP contribution in [-0.2, 0) is 40.5 Å². The predicted octanol–water partition coefficient (Wildman–Crippen LogP) is 14.0. The predicted molar refractivity (Wildman–Crippen MR) is 315 cm³/mol. The zero-order valence-corrected chi connectivity index (χ0v) is 50.3. The van der Waals surface area contributed by atoms with Crippen molar-refractivity contribution < 1.29 is 61.7 Å².